The fraction of sp³-hybridized carbons (Fsp3) is 0.429. The number of hydrogen-bond donors (Lipinski definition) is 1. The number of sulfonamides is 1. The first kappa shape index (κ1) is 22.7. The first-order chi connectivity index (χ1) is 14.2. The Morgan fingerprint density at radius 3 is 2.27 bits per heavy atom. The summed E-state index contributed by atoms with van der Waals surface area (Å²) in [5.41, 5.74) is 1.56. The van der Waals surface area contributed by atoms with Crippen LogP contribution in [0.3, 0.4) is 0 Å². The predicted octanol–water partition coefficient (Wildman–Crippen LogP) is 3.19. The molecular weight excluding hydrogens is 424 g/mol. The summed E-state index contributed by atoms with van der Waals surface area (Å²) in [6.45, 7) is 7.55. The van der Waals surface area contributed by atoms with Gasteiger partial charge in [0.15, 0.2) is 5.15 Å². The van der Waals surface area contributed by atoms with Gasteiger partial charge in [-0.2, -0.15) is 4.31 Å². The van der Waals surface area contributed by atoms with E-state index in [-0.39, 0.29) is 11.1 Å². The highest BCUT2D eigenvalue weighted by Gasteiger charge is 2.32. The van der Waals surface area contributed by atoms with E-state index in [2.05, 4.69) is 24.1 Å². The second-order valence-corrected chi connectivity index (χ2v) is 9.97. The lowest BCUT2D eigenvalue weighted by atomic mass is 10.0. The van der Waals surface area contributed by atoms with Crippen molar-refractivity contribution >= 4 is 33.2 Å². The Labute approximate surface area is 183 Å². The number of piperazine rings is 1. The van der Waals surface area contributed by atoms with Crippen molar-refractivity contribution in [2.45, 2.75) is 37.6 Å². The molecular formula is C21H27ClN4O3S. The van der Waals surface area contributed by atoms with E-state index < -0.39 is 16.1 Å². The molecule has 9 heteroatoms. The Morgan fingerprint density at radius 1 is 1.07 bits per heavy atom. The van der Waals surface area contributed by atoms with Gasteiger partial charge in [0.25, 0.3) is 0 Å². The van der Waals surface area contributed by atoms with E-state index in [0.29, 0.717) is 42.7 Å². The Hall–Kier alpha value is -2.00. The topological polar surface area (TPSA) is 82.6 Å². The van der Waals surface area contributed by atoms with Crippen LogP contribution < -0.4 is 5.32 Å². The Kier molecular flexibility index (Phi) is 7.13. The average Bonchev–Trinajstić information content (AvgIpc) is 2.75. The van der Waals surface area contributed by atoms with Gasteiger partial charge in [-0.15, -0.1) is 0 Å². The van der Waals surface area contributed by atoms with Crippen LogP contribution in [0.25, 0.3) is 0 Å². The van der Waals surface area contributed by atoms with E-state index >= 15 is 0 Å². The summed E-state index contributed by atoms with van der Waals surface area (Å²) in [5.74, 6) is 0.143. The minimum Gasteiger partial charge on any atom is -0.322 e. The van der Waals surface area contributed by atoms with Gasteiger partial charge >= 0.3 is 0 Å². The number of rotatable bonds is 6. The number of anilines is 1. The van der Waals surface area contributed by atoms with Crippen LogP contribution >= 0.6 is 11.6 Å². The molecule has 1 aliphatic heterocycles. The molecule has 1 aliphatic rings. The van der Waals surface area contributed by atoms with Gasteiger partial charge in [0.1, 0.15) is 0 Å². The number of halogens is 1. The lowest BCUT2D eigenvalue weighted by Crippen LogP contribution is -2.53. The molecule has 7 nitrogen and oxygen atoms in total. The molecule has 1 saturated heterocycles. The van der Waals surface area contributed by atoms with Gasteiger partial charge < -0.3 is 5.32 Å². The fourth-order valence-electron chi connectivity index (χ4n) is 3.39. The minimum absolute atomic E-state index is 0.203. The molecule has 1 aromatic carbocycles. The molecule has 0 radical (unpaired) electrons. The van der Waals surface area contributed by atoms with Gasteiger partial charge in [0.05, 0.1) is 16.6 Å². The standard InChI is InChI=1S/C21H27ClN4O3S/c1-15(2)17-6-8-18(9-7-17)30(28,29)26-13-11-25(12-14-26)16(3)21(27)24-19-5-4-10-23-20(19)22/h4-10,15-16H,11-14H2,1-3H3,(H,24,27). The van der Waals surface area contributed by atoms with E-state index in [1.54, 1.807) is 37.4 Å². The van der Waals surface area contributed by atoms with Crippen LogP contribution in [-0.4, -0.2) is 60.7 Å². The summed E-state index contributed by atoms with van der Waals surface area (Å²) in [7, 11) is -3.55. The molecule has 1 amide bonds. The summed E-state index contributed by atoms with van der Waals surface area (Å²) >= 11 is 6.00. The number of amides is 1. The first-order valence-corrected chi connectivity index (χ1v) is 11.8. The van der Waals surface area contributed by atoms with Crippen LogP contribution in [0.5, 0.6) is 0 Å². The molecule has 2 aromatic rings. The zero-order valence-electron chi connectivity index (χ0n) is 17.4. The average molecular weight is 451 g/mol. The molecule has 1 N–H and O–H groups in total. The Bertz CT molecular complexity index is 988. The van der Waals surface area contributed by atoms with E-state index in [9.17, 15) is 13.2 Å². The van der Waals surface area contributed by atoms with Crippen molar-refractivity contribution in [3.63, 3.8) is 0 Å². The monoisotopic (exact) mass is 450 g/mol. The molecule has 1 atom stereocenters. The largest absolute Gasteiger partial charge is 0.322 e. The van der Waals surface area contributed by atoms with E-state index in [1.807, 2.05) is 17.0 Å². The second-order valence-electron chi connectivity index (χ2n) is 7.67. The number of carbonyl (C=O) groups excluding carboxylic acids is 1. The van der Waals surface area contributed by atoms with Crippen molar-refractivity contribution in [1.29, 1.82) is 0 Å². The third kappa shape index (κ3) is 5.00. The number of hydrogen-bond acceptors (Lipinski definition) is 5. The third-order valence-corrected chi connectivity index (χ3v) is 7.62. The van der Waals surface area contributed by atoms with Gasteiger partial charge in [-0.1, -0.05) is 37.6 Å². The van der Waals surface area contributed by atoms with E-state index in [0.717, 1.165) is 5.56 Å². The lowest BCUT2D eigenvalue weighted by Gasteiger charge is -2.36. The van der Waals surface area contributed by atoms with Gasteiger partial charge in [-0.3, -0.25) is 9.69 Å². The highest BCUT2D eigenvalue weighted by molar-refractivity contribution is 7.89. The molecule has 3 rings (SSSR count). The van der Waals surface area contributed by atoms with Crippen LogP contribution in [0, 0.1) is 0 Å². The van der Waals surface area contributed by atoms with Crippen LogP contribution in [0.2, 0.25) is 5.15 Å². The Balaban J connectivity index is 1.60. The summed E-state index contributed by atoms with van der Waals surface area (Å²) in [4.78, 5) is 18.8. The van der Waals surface area contributed by atoms with Crippen molar-refractivity contribution in [1.82, 2.24) is 14.2 Å². The zero-order valence-corrected chi connectivity index (χ0v) is 18.9. The molecule has 162 valence electrons. The normalized spacial score (nSPS) is 17.1. The van der Waals surface area contributed by atoms with Gasteiger partial charge in [0, 0.05) is 32.4 Å². The quantitative estimate of drug-likeness (QED) is 0.683. The molecule has 0 bridgehead atoms. The van der Waals surface area contributed by atoms with E-state index in [4.69, 9.17) is 11.6 Å². The summed E-state index contributed by atoms with van der Waals surface area (Å²) in [6, 6.07) is 10.0. The summed E-state index contributed by atoms with van der Waals surface area (Å²) in [5, 5.41) is 3.02. The number of nitrogens with one attached hydrogen (secondary N) is 1. The van der Waals surface area contributed by atoms with Gasteiger partial charge in [-0.05, 0) is 42.7 Å². The highest BCUT2D eigenvalue weighted by atomic mass is 35.5. The smallest absolute Gasteiger partial charge is 0.243 e. The molecule has 0 spiro atoms. The number of carbonyl (C=O) groups is 1. The zero-order chi connectivity index (χ0) is 21.9. The van der Waals surface area contributed by atoms with Gasteiger partial charge in [0.2, 0.25) is 15.9 Å². The van der Waals surface area contributed by atoms with Crippen LogP contribution in [-0.2, 0) is 14.8 Å². The van der Waals surface area contributed by atoms with Crippen molar-refractivity contribution in [3.8, 4) is 0 Å². The second kappa shape index (κ2) is 9.43. The maximum absolute atomic E-state index is 13.0. The molecule has 30 heavy (non-hydrogen) atoms. The van der Waals surface area contributed by atoms with E-state index in [1.165, 1.54) is 4.31 Å². The molecule has 2 heterocycles. The molecule has 0 aliphatic carbocycles. The van der Waals surface area contributed by atoms with Crippen molar-refractivity contribution < 1.29 is 13.2 Å². The summed E-state index contributed by atoms with van der Waals surface area (Å²) < 4.78 is 27.4. The minimum atomic E-state index is -3.55. The molecule has 1 aromatic heterocycles. The maximum Gasteiger partial charge on any atom is 0.243 e. The van der Waals surface area contributed by atoms with Crippen LogP contribution in [0.1, 0.15) is 32.3 Å². The van der Waals surface area contributed by atoms with Gasteiger partial charge in [-0.25, -0.2) is 13.4 Å². The number of nitrogens with zero attached hydrogens (tertiary/aromatic N) is 3. The fourth-order valence-corrected chi connectivity index (χ4v) is 4.98. The van der Waals surface area contributed by atoms with Crippen molar-refractivity contribution in [3.05, 3.63) is 53.3 Å². The van der Waals surface area contributed by atoms with Crippen molar-refractivity contribution in [2.75, 3.05) is 31.5 Å². The number of benzene rings is 1. The highest BCUT2D eigenvalue weighted by Crippen LogP contribution is 2.22. The SMILES string of the molecule is CC(C)c1ccc(S(=O)(=O)N2CCN(C(C)C(=O)Nc3cccnc3Cl)CC2)cc1. The van der Waals surface area contributed by atoms with Crippen LogP contribution in [0.4, 0.5) is 5.69 Å². The number of pyridine rings is 1. The third-order valence-electron chi connectivity index (χ3n) is 5.40. The molecule has 0 saturated carbocycles. The Morgan fingerprint density at radius 2 is 1.70 bits per heavy atom. The number of aromatic nitrogens is 1. The molecule has 1 fully saturated rings. The lowest BCUT2D eigenvalue weighted by molar-refractivity contribution is -0.121. The maximum atomic E-state index is 13.0. The summed E-state index contributed by atoms with van der Waals surface area (Å²) in [6.07, 6.45) is 1.55. The predicted molar refractivity (Wildman–Crippen MR) is 118 cm³/mol. The molecule has 1 unspecified atom stereocenters. The van der Waals surface area contributed by atoms with Crippen LogP contribution in [0.15, 0.2) is 47.5 Å². The van der Waals surface area contributed by atoms with Crippen molar-refractivity contribution in [2.24, 2.45) is 0 Å². The first-order valence-electron chi connectivity index (χ1n) is 9.95.